The minimum atomic E-state index is -0.178. The molecule has 1 aliphatic carbocycles. The van der Waals surface area contributed by atoms with Gasteiger partial charge in [0.2, 0.25) is 5.88 Å². The third-order valence-corrected chi connectivity index (χ3v) is 5.51. The quantitative estimate of drug-likeness (QED) is 0.505. The summed E-state index contributed by atoms with van der Waals surface area (Å²) < 4.78 is 8.67. The maximum absolute atomic E-state index is 12.5. The lowest BCUT2D eigenvalue weighted by molar-refractivity contribution is 0.0950. The molecule has 154 valence electrons. The van der Waals surface area contributed by atoms with Gasteiger partial charge in [-0.05, 0) is 49.9 Å². The Kier molecular flexibility index (Phi) is 6.38. The molecule has 2 heterocycles. The van der Waals surface area contributed by atoms with Gasteiger partial charge in [0, 0.05) is 16.4 Å². The zero-order valence-electron chi connectivity index (χ0n) is 16.5. The van der Waals surface area contributed by atoms with Crippen LogP contribution in [0.5, 0.6) is 5.88 Å². The lowest BCUT2D eigenvalue weighted by atomic mass is 10.1. The topological polar surface area (TPSA) is 102 Å². The van der Waals surface area contributed by atoms with Gasteiger partial charge in [0.15, 0.2) is 0 Å². The molecular weight excluding hydrogens is 400 g/mol. The molecule has 1 fully saturated rings. The number of amides is 1. The standard InChI is InChI=1S/C21H22N6O2S/c1-2-29-20-13-22-12-19(25-20)14-3-5-15(6-4-14)21(28)23-10-16-9-17(11-24-26-16)27-30-18-7-8-18/h3-6,9,11-13,18H,2,7-8,10H2,1H3,(H,23,28)(H,26,27). The summed E-state index contributed by atoms with van der Waals surface area (Å²) in [6.45, 7) is 2.73. The Bertz CT molecular complexity index is 1010. The summed E-state index contributed by atoms with van der Waals surface area (Å²) >= 11 is 1.71. The third kappa shape index (κ3) is 5.44. The van der Waals surface area contributed by atoms with Crippen molar-refractivity contribution in [3.8, 4) is 17.1 Å². The van der Waals surface area contributed by atoms with Crippen LogP contribution in [-0.2, 0) is 6.54 Å². The Morgan fingerprint density at radius 3 is 2.80 bits per heavy atom. The number of aromatic nitrogens is 4. The minimum absolute atomic E-state index is 0.178. The number of nitrogens with zero attached hydrogens (tertiary/aromatic N) is 4. The Hall–Kier alpha value is -3.20. The van der Waals surface area contributed by atoms with Crippen LogP contribution in [0.1, 0.15) is 35.8 Å². The maximum Gasteiger partial charge on any atom is 0.251 e. The van der Waals surface area contributed by atoms with E-state index in [4.69, 9.17) is 4.74 Å². The monoisotopic (exact) mass is 422 g/mol. The van der Waals surface area contributed by atoms with Crippen LogP contribution in [-0.4, -0.2) is 37.9 Å². The highest BCUT2D eigenvalue weighted by molar-refractivity contribution is 8.01. The molecule has 0 aliphatic heterocycles. The van der Waals surface area contributed by atoms with E-state index in [1.165, 1.54) is 12.8 Å². The van der Waals surface area contributed by atoms with E-state index in [1.807, 2.05) is 25.1 Å². The number of benzene rings is 1. The number of nitrogens with one attached hydrogen (secondary N) is 2. The molecule has 0 bridgehead atoms. The maximum atomic E-state index is 12.5. The van der Waals surface area contributed by atoms with Crippen molar-refractivity contribution in [2.45, 2.75) is 31.6 Å². The first-order valence-corrected chi connectivity index (χ1v) is 10.7. The summed E-state index contributed by atoms with van der Waals surface area (Å²) in [6.07, 6.45) is 7.43. The van der Waals surface area contributed by atoms with Crippen LogP contribution in [0.3, 0.4) is 0 Å². The van der Waals surface area contributed by atoms with Crippen LogP contribution in [0.2, 0.25) is 0 Å². The predicted molar refractivity (Wildman–Crippen MR) is 116 cm³/mol. The van der Waals surface area contributed by atoms with Crippen LogP contribution in [0.15, 0.2) is 48.9 Å². The Morgan fingerprint density at radius 1 is 1.20 bits per heavy atom. The van der Waals surface area contributed by atoms with E-state index in [0.29, 0.717) is 41.2 Å². The first kappa shape index (κ1) is 20.1. The average molecular weight is 423 g/mol. The Labute approximate surface area is 179 Å². The molecule has 0 spiro atoms. The van der Waals surface area contributed by atoms with Crippen molar-refractivity contribution in [1.82, 2.24) is 25.5 Å². The summed E-state index contributed by atoms with van der Waals surface area (Å²) in [7, 11) is 0. The van der Waals surface area contributed by atoms with Crippen LogP contribution in [0.25, 0.3) is 11.3 Å². The highest BCUT2D eigenvalue weighted by Crippen LogP contribution is 2.34. The van der Waals surface area contributed by atoms with Gasteiger partial charge < -0.3 is 14.8 Å². The number of carbonyl (C=O) groups excluding carboxylic acids is 1. The van der Waals surface area contributed by atoms with E-state index in [2.05, 4.69) is 30.2 Å². The molecule has 0 unspecified atom stereocenters. The molecule has 0 atom stereocenters. The van der Waals surface area contributed by atoms with Crippen LogP contribution in [0, 0.1) is 0 Å². The number of anilines is 1. The van der Waals surface area contributed by atoms with E-state index in [9.17, 15) is 4.79 Å². The molecule has 1 aromatic carbocycles. The fourth-order valence-corrected chi connectivity index (χ4v) is 3.45. The largest absolute Gasteiger partial charge is 0.477 e. The second-order valence-corrected chi connectivity index (χ2v) is 7.90. The molecule has 1 aliphatic rings. The highest BCUT2D eigenvalue weighted by atomic mass is 32.2. The number of carbonyl (C=O) groups is 1. The summed E-state index contributed by atoms with van der Waals surface area (Å²) in [6, 6.07) is 9.10. The molecular formula is C21H22N6O2S. The van der Waals surface area contributed by atoms with E-state index >= 15 is 0 Å². The fourth-order valence-electron chi connectivity index (χ4n) is 2.66. The van der Waals surface area contributed by atoms with Crippen molar-refractivity contribution in [3.05, 3.63) is 60.2 Å². The van der Waals surface area contributed by atoms with Crippen molar-refractivity contribution in [2.24, 2.45) is 0 Å². The summed E-state index contributed by atoms with van der Waals surface area (Å²) in [5.74, 6) is 0.299. The third-order valence-electron chi connectivity index (χ3n) is 4.35. The summed E-state index contributed by atoms with van der Waals surface area (Å²) in [4.78, 5) is 21.0. The van der Waals surface area contributed by atoms with Crippen LogP contribution < -0.4 is 14.8 Å². The van der Waals surface area contributed by atoms with Gasteiger partial charge in [-0.15, -0.1) is 0 Å². The van der Waals surface area contributed by atoms with Crippen LogP contribution in [0.4, 0.5) is 5.69 Å². The SMILES string of the molecule is CCOc1cncc(-c2ccc(C(=O)NCc3cc(NSC4CC4)cnn3)cc2)n1. The molecule has 9 heteroatoms. The summed E-state index contributed by atoms with van der Waals surface area (Å²) in [5, 5.41) is 11.7. The first-order valence-electron chi connectivity index (χ1n) is 9.78. The smallest absolute Gasteiger partial charge is 0.251 e. The van der Waals surface area contributed by atoms with Gasteiger partial charge in [0.05, 0.1) is 48.8 Å². The zero-order chi connectivity index (χ0) is 20.8. The molecule has 30 heavy (non-hydrogen) atoms. The molecule has 8 nitrogen and oxygen atoms in total. The first-order chi connectivity index (χ1) is 14.7. The van der Waals surface area contributed by atoms with Gasteiger partial charge in [-0.3, -0.25) is 9.78 Å². The molecule has 2 aromatic heterocycles. The van der Waals surface area contributed by atoms with Gasteiger partial charge in [0.25, 0.3) is 5.91 Å². The van der Waals surface area contributed by atoms with Gasteiger partial charge in [-0.25, -0.2) is 4.98 Å². The average Bonchev–Trinajstić information content (AvgIpc) is 3.62. The summed E-state index contributed by atoms with van der Waals surface area (Å²) in [5.41, 5.74) is 3.70. The van der Waals surface area contributed by atoms with Crippen molar-refractivity contribution >= 4 is 23.5 Å². The molecule has 3 aromatic rings. The number of rotatable bonds is 9. The van der Waals surface area contributed by atoms with Gasteiger partial charge in [-0.2, -0.15) is 10.2 Å². The predicted octanol–water partition coefficient (Wildman–Crippen LogP) is 3.48. The molecule has 4 rings (SSSR count). The van der Waals surface area contributed by atoms with E-state index in [0.717, 1.165) is 11.3 Å². The molecule has 1 amide bonds. The van der Waals surface area contributed by atoms with Gasteiger partial charge >= 0.3 is 0 Å². The number of hydrogen-bond acceptors (Lipinski definition) is 8. The van der Waals surface area contributed by atoms with Gasteiger partial charge in [0.1, 0.15) is 0 Å². The Morgan fingerprint density at radius 2 is 2.03 bits per heavy atom. The van der Waals surface area contributed by atoms with E-state index in [1.54, 1.807) is 42.7 Å². The normalized spacial score (nSPS) is 13.0. The van der Waals surface area contributed by atoms with E-state index < -0.39 is 0 Å². The fraction of sp³-hybridized carbons (Fsp3) is 0.286. The van der Waals surface area contributed by atoms with Gasteiger partial charge in [-0.1, -0.05) is 12.1 Å². The van der Waals surface area contributed by atoms with Crippen LogP contribution >= 0.6 is 11.9 Å². The second-order valence-electron chi connectivity index (χ2n) is 6.79. The molecule has 1 saturated carbocycles. The molecule has 0 saturated heterocycles. The zero-order valence-corrected chi connectivity index (χ0v) is 17.4. The molecule has 0 radical (unpaired) electrons. The second kappa shape index (κ2) is 9.53. The lowest BCUT2D eigenvalue weighted by Gasteiger charge is -2.08. The Balaban J connectivity index is 1.34. The highest BCUT2D eigenvalue weighted by Gasteiger charge is 2.22. The minimum Gasteiger partial charge on any atom is -0.477 e. The van der Waals surface area contributed by atoms with Crippen molar-refractivity contribution in [2.75, 3.05) is 11.3 Å². The van der Waals surface area contributed by atoms with Crippen molar-refractivity contribution < 1.29 is 9.53 Å². The lowest BCUT2D eigenvalue weighted by Crippen LogP contribution is -2.23. The number of ether oxygens (including phenoxy) is 1. The van der Waals surface area contributed by atoms with E-state index in [-0.39, 0.29) is 5.91 Å². The molecule has 2 N–H and O–H groups in total. The van der Waals surface area contributed by atoms with Crippen molar-refractivity contribution in [3.63, 3.8) is 0 Å². The van der Waals surface area contributed by atoms with Crippen molar-refractivity contribution in [1.29, 1.82) is 0 Å². The number of hydrogen-bond donors (Lipinski definition) is 2.